The molecule has 0 radical (unpaired) electrons. The highest BCUT2D eigenvalue weighted by atomic mass is 28.4. The lowest BCUT2D eigenvalue weighted by atomic mass is 10.1. The Bertz CT molecular complexity index is 812. The summed E-state index contributed by atoms with van der Waals surface area (Å²) in [5.74, 6) is 1.09. The van der Waals surface area contributed by atoms with Crippen LogP contribution >= 0.6 is 0 Å². The normalized spacial score (nSPS) is 12.2. The summed E-state index contributed by atoms with van der Waals surface area (Å²) < 4.78 is 17.5. The van der Waals surface area contributed by atoms with Gasteiger partial charge in [-0.25, -0.2) is 4.79 Å². The number of allylic oxidation sites excluding steroid dienone is 1. The highest BCUT2D eigenvalue weighted by Gasteiger charge is 2.40. The molecule has 0 atom stereocenters. The molecule has 5 heteroatoms. The van der Waals surface area contributed by atoms with Crippen molar-refractivity contribution in [1.29, 1.82) is 0 Å². The molecule has 0 aliphatic rings. The molecule has 0 bridgehead atoms. The van der Waals surface area contributed by atoms with Crippen molar-refractivity contribution in [3.05, 3.63) is 46.8 Å². The Morgan fingerprint density at radius 3 is 2.50 bits per heavy atom. The molecule has 130 valence electrons. The van der Waals surface area contributed by atoms with E-state index >= 15 is 0 Å². The van der Waals surface area contributed by atoms with E-state index in [1.807, 2.05) is 18.2 Å². The zero-order valence-electron chi connectivity index (χ0n) is 15.4. The molecule has 0 spiro atoms. The Kier molecular flexibility index (Phi) is 4.94. The maximum atomic E-state index is 12.2. The molecule has 4 nitrogen and oxygen atoms in total. The van der Waals surface area contributed by atoms with Crippen LogP contribution in [0.15, 0.2) is 40.1 Å². The van der Waals surface area contributed by atoms with Gasteiger partial charge in [-0.15, -0.1) is 6.58 Å². The van der Waals surface area contributed by atoms with E-state index in [2.05, 4.69) is 40.4 Å². The predicted molar refractivity (Wildman–Crippen MR) is 101 cm³/mol. The summed E-state index contributed by atoms with van der Waals surface area (Å²) in [5.41, 5.74) is 0.661. The molecule has 0 aliphatic heterocycles. The second-order valence-corrected chi connectivity index (χ2v) is 12.2. The minimum absolute atomic E-state index is 0.0171. The molecule has 1 aromatic carbocycles. The number of methoxy groups -OCH3 is 1. The van der Waals surface area contributed by atoms with Crippen LogP contribution in [0.4, 0.5) is 0 Å². The molecule has 0 saturated heterocycles. The lowest BCUT2D eigenvalue weighted by Gasteiger charge is -2.36. The van der Waals surface area contributed by atoms with Gasteiger partial charge in [-0.05, 0) is 42.8 Å². The maximum absolute atomic E-state index is 12.2. The zero-order chi connectivity index (χ0) is 18.1. The van der Waals surface area contributed by atoms with Gasteiger partial charge in [0.2, 0.25) is 0 Å². The monoisotopic (exact) mass is 346 g/mol. The molecule has 0 aliphatic carbocycles. The molecule has 24 heavy (non-hydrogen) atoms. The van der Waals surface area contributed by atoms with E-state index in [0.717, 1.165) is 5.39 Å². The summed E-state index contributed by atoms with van der Waals surface area (Å²) in [4.78, 5) is 12.2. The lowest BCUT2D eigenvalue weighted by molar-refractivity contribution is 0.383. The van der Waals surface area contributed by atoms with Crippen molar-refractivity contribution in [2.75, 3.05) is 7.11 Å². The number of hydrogen-bond acceptors (Lipinski definition) is 4. The summed E-state index contributed by atoms with van der Waals surface area (Å²) in [6, 6.07) is 5.56. The van der Waals surface area contributed by atoms with Crippen LogP contribution in [0.2, 0.25) is 18.1 Å². The van der Waals surface area contributed by atoms with Crippen LogP contribution < -0.4 is 14.8 Å². The number of benzene rings is 1. The molecule has 0 unspecified atom stereocenters. The topological polar surface area (TPSA) is 48.7 Å². The van der Waals surface area contributed by atoms with E-state index in [-0.39, 0.29) is 10.7 Å². The van der Waals surface area contributed by atoms with E-state index in [0.29, 0.717) is 29.1 Å². The van der Waals surface area contributed by atoms with E-state index in [1.165, 1.54) is 0 Å². The minimum atomic E-state index is -2.11. The van der Waals surface area contributed by atoms with Crippen LogP contribution in [0.1, 0.15) is 26.3 Å². The van der Waals surface area contributed by atoms with Crippen LogP contribution in [0.5, 0.6) is 11.5 Å². The van der Waals surface area contributed by atoms with Gasteiger partial charge in [0, 0.05) is 10.9 Å². The number of rotatable bonds is 5. The number of hydrogen-bond donors (Lipinski definition) is 0. The second kappa shape index (κ2) is 6.47. The van der Waals surface area contributed by atoms with Crippen LogP contribution in [-0.4, -0.2) is 15.4 Å². The largest absolute Gasteiger partial charge is 0.538 e. The molecule has 1 heterocycles. The quantitative estimate of drug-likeness (QED) is 0.438. The molecule has 0 N–H and O–H groups in total. The van der Waals surface area contributed by atoms with Gasteiger partial charge in [-0.3, -0.25) is 0 Å². The third-order valence-corrected chi connectivity index (χ3v) is 8.97. The summed E-state index contributed by atoms with van der Waals surface area (Å²) in [6.45, 7) is 14.5. The van der Waals surface area contributed by atoms with Crippen LogP contribution in [0.25, 0.3) is 11.0 Å². The first-order chi connectivity index (χ1) is 11.1. The van der Waals surface area contributed by atoms with Gasteiger partial charge in [-0.1, -0.05) is 26.8 Å². The Morgan fingerprint density at radius 2 is 1.96 bits per heavy atom. The fourth-order valence-corrected chi connectivity index (χ4v) is 3.16. The molecular weight excluding hydrogens is 320 g/mol. The van der Waals surface area contributed by atoms with Gasteiger partial charge < -0.3 is 13.6 Å². The summed E-state index contributed by atoms with van der Waals surface area (Å²) in [7, 11) is -0.528. The van der Waals surface area contributed by atoms with Crippen molar-refractivity contribution in [3.63, 3.8) is 0 Å². The average molecular weight is 346 g/mol. The average Bonchev–Trinajstić information content (AvgIpc) is 2.48. The van der Waals surface area contributed by atoms with Gasteiger partial charge in [0.25, 0.3) is 8.32 Å². The van der Waals surface area contributed by atoms with Gasteiger partial charge in [0.1, 0.15) is 0 Å². The highest BCUT2D eigenvalue weighted by Crippen LogP contribution is 2.42. The first-order valence-electron chi connectivity index (χ1n) is 8.04. The molecule has 2 aromatic rings. The second-order valence-electron chi connectivity index (χ2n) is 7.43. The molecule has 0 fully saturated rings. The van der Waals surface area contributed by atoms with Gasteiger partial charge in [-0.2, -0.15) is 0 Å². The van der Waals surface area contributed by atoms with E-state index in [1.54, 1.807) is 13.2 Å². The summed E-state index contributed by atoms with van der Waals surface area (Å²) >= 11 is 0. The van der Waals surface area contributed by atoms with Crippen LogP contribution in [0, 0.1) is 0 Å². The highest BCUT2D eigenvalue weighted by molar-refractivity contribution is 6.74. The summed E-state index contributed by atoms with van der Waals surface area (Å²) in [5, 5.41) is 0.837. The smallest absolute Gasteiger partial charge is 0.339 e. The van der Waals surface area contributed by atoms with Crippen molar-refractivity contribution in [1.82, 2.24) is 0 Å². The number of ether oxygens (including phenoxy) is 1. The fourth-order valence-electron chi connectivity index (χ4n) is 2.15. The van der Waals surface area contributed by atoms with Crippen molar-refractivity contribution < 1.29 is 13.6 Å². The number of fused-ring (bicyclic) bond motifs is 1. The summed E-state index contributed by atoms with van der Waals surface area (Å²) in [6.07, 6.45) is 2.16. The Morgan fingerprint density at radius 1 is 1.29 bits per heavy atom. The first-order valence-corrected chi connectivity index (χ1v) is 10.9. The lowest BCUT2D eigenvalue weighted by Crippen LogP contribution is -2.44. The maximum Gasteiger partial charge on any atom is 0.339 e. The Balaban J connectivity index is 2.68. The standard InChI is InChI=1S/C19H26O4Si/c1-8-9-14-12-13-10-11-15(21-5)17(16(13)22-18(14)20)23-24(6,7)19(2,3)4/h8,10-12H,1,9H2,2-7H3. The predicted octanol–water partition coefficient (Wildman–Crippen LogP) is 4.91. The van der Waals surface area contributed by atoms with E-state index in [9.17, 15) is 4.79 Å². The van der Waals surface area contributed by atoms with Crippen molar-refractivity contribution in [3.8, 4) is 11.5 Å². The third kappa shape index (κ3) is 3.41. The van der Waals surface area contributed by atoms with E-state index < -0.39 is 8.32 Å². The molecule has 1 aromatic heterocycles. The minimum Gasteiger partial charge on any atom is -0.538 e. The zero-order valence-corrected chi connectivity index (χ0v) is 16.4. The SMILES string of the molecule is C=CCc1cc2ccc(OC)c(O[Si](C)(C)C(C)(C)C)c2oc1=O. The Labute approximate surface area is 144 Å². The van der Waals surface area contributed by atoms with E-state index in [4.69, 9.17) is 13.6 Å². The van der Waals surface area contributed by atoms with Crippen molar-refractivity contribution >= 4 is 19.3 Å². The molecule has 2 rings (SSSR count). The van der Waals surface area contributed by atoms with Crippen molar-refractivity contribution in [2.45, 2.75) is 45.3 Å². The van der Waals surface area contributed by atoms with Crippen LogP contribution in [0.3, 0.4) is 0 Å². The van der Waals surface area contributed by atoms with Crippen LogP contribution in [-0.2, 0) is 6.42 Å². The molecule has 0 saturated carbocycles. The molecule has 0 amide bonds. The van der Waals surface area contributed by atoms with Gasteiger partial charge in [0.15, 0.2) is 17.1 Å². The van der Waals surface area contributed by atoms with Gasteiger partial charge >= 0.3 is 5.63 Å². The molecular formula is C19H26O4Si. The third-order valence-electron chi connectivity index (χ3n) is 4.64. The van der Waals surface area contributed by atoms with Gasteiger partial charge in [0.05, 0.1) is 7.11 Å². The fraction of sp³-hybridized carbons (Fsp3) is 0.421. The van der Waals surface area contributed by atoms with Crippen molar-refractivity contribution in [2.24, 2.45) is 0 Å². The Hall–Kier alpha value is -2.01. The first kappa shape index (κ1) is 18.3.